The highest BCUT2D eigenvalue weighted by Gasteiger charge is 2.16. The van der Waals surface area contributed by atoms with Crippen LogP contribution in [0.3, 0.4) is 0 Å². The van der Waals surface area contributed by atoms with E-state index in [0.717, 1.165) is 19.0 Å². The predicted molar refractivity (Wildman–Crippen MR) is 60.2 cm³/mol. The second kappa shape index (κ2) is 5.52. The molecular weight excluding hydrogens is 174 g/mol. The van der Waals surface area contributed by atoms with Gasteiger partial charge in [-0.1, -0.05) is 26.0 Å². The van der Waals surface area contributed by atoms with E-state index in [1.165, 1.54) is 19.3 Å². The third-order valence-corrected chi connectivity index (χ3v) is 2.84. The summed E-state index contributed by atoms with van der Waals surface area (Å²) in [4.78, 5) is 0. The van der Waals surface area contributed by atoms with E-state index in [1.54, 1.807) is 0 Å². The largest absolute Gasteiger partial charge is 0.396 e. The number of hydrogen-bond acceptors (Lipinski definition) is 2. The maximum atomic E-state index is 9.08. The van der Waals surface area contributed by atoms with Crippen LogP contribution in [0.15, 0.2) is 12.2 Å². The van der Waals surface area contributed by atoms with Gasteiger partial charge in [0, 0.05) is 18.6 Å². The molecule has 2 heteroatoms. The summed E-state index contributed by atoms with van der Waals surface area (Å²) in [6.45, 7) is 6.42. The predicted octanol–water partition coefficient (Wildman–Crippen LogP) is 1.95. The Hall–Kier alpha value is -0.340. The van der Waals surface area contributed by atoms with Crippen LogP contribution in [-0.4, -0.2) is 24.8 Å². The Morgan fingerprint density at radius 3 is 2.79 bits per heavy atom. The van der Waals surface area contributed by atoms with Crippen LogP contribution in [0, 0.1) is 11.3 Å². The lowest BCUT2D eigenvalue weighted by Gasteiger charge is -2.24. The molecular formula is C12H23NO. The van der Waals surface area contributed by atoms with Crippen LogP contribution in [0.25, 0.3) is 0 Å². The number of allylic oxidation sites excluding steroid dienone is 2. The van der Waals surface area contributed by atoms with Crippen LogP contribution in [0.5, 0.6) is 0 Å². The third-order valence-electron chi connectivity index (χ3n) is 2.84. The van der Waals surface area contributed by atoms with Gasteiger partial charge in [-0.05, 0) is 31.7 Å². The van der Waals surface area contributed by atoms with Crippen molar-refractivity contribution in [1.29, 1.82) is 0 Å². The van der Waals surface area contributed by atoms with Crippen LogP contribution < -0.4 is 5.32 Å². The lowest BCUT2D eigenvalue weighted by Crippen LogP contribution is -2.35. The van der Waals surface area contributed by atoms with E-state index in [4.69, 9.17) is 5.11 Å². The minimum atomic E-state index is 0.0184. The molecule has 0 aromatic rings. The highest BCUT2D eigenvalue weighted by molar-refractivity contribution is 4.90. The SMILES string of the molecule is CC(C)(CO)CNCC1CC=CCC1. The molecule has 0 fully saturated rings. The fourth-order valence-electron chi connectivity index (χ4n) is 1.71. The first kappa shape index (κ1) is 11.7. The van der Waals surface area contributed by atoms with Gasteiger partial charge in [-0.2, -0.15) is 0 Å². The molecule has 1 unspecified atom stereocenters. The highest BCUT2D eigenvalue weighted by Crippen LogP contribution is 2.17. The molecule has 2 nitrogen and oxygen atoms in total. The topological polar surface area (TPSA) is 32.3 Å². The van der Waals surface area contributed by atoms with E-state index in [9.17, 15) is 0 Å². The van der Waals surface area contributed by atoms with Crippen LogP contribution in [-0.2, 0) is 0 Å². The van der Waals surface area contributed by atoms with Crippen molar-refractivity contribution >= 4 is 0 Å². The fraction of sp³-hybridized carbons (Fsp3) is 0.833. The van der Waals surface area contributed by atoms with E-state index in [-0.39, 0.29) is 12.0 Å². The van der Waals surface area contributed by atoms with Gasteiger partial charge in [0.15, 0.2) is 0 Å². The van der Waals surface area contributed by atoms with Crippen LogP contribution >= 0.6 is 0 Å². The van der Waals surface area contributed by atoms with Gasteiger partial charge in [0.1, 0.15) is 0 Å². The van der Waals surface area contributed by atoms with Gasteiger partial charge in [-0.25, -0.2) is 0 Å². The number of aliphatic hydroxyl groups is 1. The summed E-state index contributed by atoms with van der Waals surface area (Å²) in [7, 11) is 0. The second-order valence-corrected chi connectivity index (χ2v) is 5.10. The van der Waals surface area contributed by atoms with Gasteiger partial charge in [0.2, 0.25) is 0 Å². The molecule has 82 valence electrons. The summed E-state index contributed by atoms with van der Waals surface area (Å²) < 4.78 is 0. The zero-order valence-corrected chi connectivity index (χ0v) is 9.42. The summed E-state index contributed by atoms with van der Waals surface area (Å²) >= 11 is 0. The monoisotopic (exact) mass is 197 g/mol. The van der Waals surface area contributed by atoms with Crippen molar-refractivity contribution in [2.45, 2.75) is 33.1 Å². The first-order valence-corrected chi connectivity index (χ1v) is 5.61. The van der Waals surface area contributed by atoms with Crippen LogP contribution in [0.1, 0.15) is 33.1 Å². The second-order valence-electron chi connectivity index (χ2n) is 5.10. The molecule has 0 bridgehead atoms. The molecule has 0 aromatic heterocycles. The fourth-order valence-corrected chi connectivity index (χ4v) is 1.71. The van der Waals surface area contributed by atoms with Crippen LogP contribution in [0.4, 0.5) is 0 Å². The summed E-state index contributed by atoms with van der Waals surface area (Å²) in [5, 5.41) is 12.5. The Morgan fingerprint density at radius 1 is 1.43 bits per heavy atom. The average molecular weight is 197 g/mol. The molecule has 0 spiro atoms. The van der Waals surface area contributed by atoms with Gasteiger partial charge >= 0.3 is 0 Å². The molecule has 1 rings (SSSR count). The average Bonchev–Trinajstić information content (AvgIpc) is 2.19. The molecule has 14 heavy (non-hydrogen) atoms. The lowest BCUT2D eigenvalue weighted by atomic mass is 9.92. The van der Waals surface area contributed by atoms with Crippen molar-refractivity contribution in [3.63, 3.8) is 0 Å². The van der Waals surface area contributed by atoms with Gasteiger partial charge in [-0.15, -0.1) is 0 Å². The number of nitrogens with one attached hydrogen (secondary N) is 1. The first-order valence-electron chi connectivity index (χ1n) is 5.61. The van der Waals surface area contributed by atoms with E-state index in [0.29, 0.717) is 0 Å². The zero-order valence-electron chi connectivity index (χ0n) is 9.42. The van der Waals surface area contributed by atoms with E-state index in [1.807, 2.05) is 0 Å². The van der Waals surface area contributed by atoms with Crippen molar-refractivity contribution in [3.8, 4) is 0 Å². The molecule has 0 radical (unpaired) electrons. The summed E-state index contributed by atoms with van der Waals surface area (Å²) in [5.74, 6) is 0.800. The highest BCUT2D eigenvalue weighted by atomic mass is 16.3. The van der Waals surface area contributed by atoms with E-state index >= 15 is 0 Å². The Kier molecular flexibility index (Phi) is 4.63. The quantitative estimate of drug-likeness (QED) is 0.660. The Morgan fingerprint density at radius 2 is 2.21 bits per heavy atom. The molecule has 0 amide bonds. The summed E-state index contributed by atoms with van der Waals surface area (Å²) in [6.07, 6.45) is 8.31. The van der Waals surface area contributed by atoms with Crippen molar-refractivity contribution in [2.24, 2.45) is 11.3 Å². The van der Waals surface area contributed by atoms with Crippen LogP contribution in [0.2, 0.25) is 0 Å². The molecule has 0 saturated heterocycles. The molecule has 0 saturated carbocycles. The molecule has 2 N–H and O–H groups in total. The minimum Gasteiger partial charge on any atom is -0.396 e. The van der Waals surface area contributed by atoms with Gasteiger partial charge < -0.3 is 10.4 Å². The normalized spacial score (nSPS) is 22.6. The molecule has 1 aliphatic rings. The summed E-state index contributed by atoms with van der Waals surface area (Å²) in [6, 6.07) is 0. The first-order chi connectivity index (χ1) is 6.64. The summed E-state index contributed by atoms with van der Waals surface area (Å²) in [5.41, 5.74) is 0.0184. The van der Waals surface area contributed by atoms with Crippen molar-refractivity contribution in [2.75, 3.05) is 19.7 Å². The molecule has 0 aliphatic heterocycles. The van der Waals surface area contributed by atoms with E-state index in [2.05, 4.69) is 31.3 Å². The minimum absolute atomic E-state index is 0.0184. The van der Waals surface area contributed by atoms with Gasteiger partial charge in [0.25, 0.3) is 0 Å². The number of aliphatic hydroxyl groups excluding tert-OH is 1. The number of hydrogen-bond donors (Lipinski definition) is 2. The van der Waals surface area contributed by atoms with Crippen molar-refractivity contribution < 1.29 is 5.11 Å². The number of rotatable bonds is 5. The Labute approximate surface area is 87.4 Å². The van der Waals surface area contributed by atoms with Crippen molar-refractivity contribution in [1.82, 2.24) is 5.32 Å². The Bertz CT molecular complexity index is 187. The van der Waals surface area contributed by atoms with Crippen molar-refractivity contribution in [3.05, 3.63) is 12.2 Å². The zero-order chi connectivity index (χ0) is 10.4. The molecule has 1 aliphatic carbocycles. The van der Waals surface area contributed by atoms with Gasteiger partial charge in [-0.3, -0.25) is 0 Å². The van der Waals surface area contributed by atoms with Gasteiger partial charge in [0.05, 0.1) is 0 Å². The third kappa shape index (κ3) is 4.25. The Balaban J connectivity index is 2.11. The maximum absolute atomic E-state index is 9.08. The molecule has 0 heterocycles. The smallest absolute Gasteiger partial charge is 0.0494 e. The molecule has 1 atom stereocenters. The lowest BCUT2D eigenvalue weighted by molar-refractivity contribution is 0.155. The maximum Gasteiger partial charge on any atom is 0.0494 e. The molecule has 0 aromatic carbocycles. The van der Waals surface area contributed by atoms with E-state index < -0.39 is 0 Å². The standard InChI is InChI=1S/C12H23NO/c1-12(2,10-14)9-13-8-11-6-4-3-5-7-11/h3-4,11,13-14H,5-10H2,1-2H3.